The van der Waals surface area contributed by atoms with Crippen molar-refractivity contribution in [3.8, 4) is 0 Å². The van der Waals surface area contributed by atoms with Gasteiger partial charge in [0.05, 0.1) is 6.54 Å². The molecule has 1 aliphatic heterocycles. The summed E-state index contributed by atoms with van der Waals surface area (Å²) in [4.78, 5) is 13.9. The average molecular weight is 367 g/mol. The highest BCUT2D eigenvalue weighted by Gasteiger charge is 2.33. The lowest BCUT2D eigenvalue weighted by molar-refractivity contribution is 0.180. The van der Waals surface area contributed by atoms with Crippen molar-refractivity contribution in [3.63, 3.8) is 0 Å². The van der Waals surface area contributed by atoms with Crippen LogP contribution in [0.1, 0.15) is 11.5 Å². The molecule has 0 aromatic carbocycles. The number of sulfonamides is 1. The first kappa shape index (κ1) is 17.8. The first-order valence-electron chi connectivity index (χ1n) is 8.07. The predicted octanol–water partition coefficient (Wildman–Crippen LogP) is -0.145. The molecule has 0 radical (unpaired) electrons. The fourth-order valence-electron chi connectivity index (χ4n) is 2.96. The minimum absolute atomic E-state index is 0.137. The topological polar surface area (TPSA) is 102 Å². The van der Waals surface area contributed by atoms with E-state index in [0.717, 1.165) is 0 Å². The fraction of sp³-hybridized carbons (Fsp3) is 0.533. The molecule has 9 nitrogen and oxygen atoms in total. The molecule has 3 heterocycles. The Hall–Kier alpha value is -2.04. The number of aromatic nitrogens is 3. The monoisotopic (exact) mass is 367 g/mol. The molecule has 1 fully saturated rings. The normalized spacial score (nSPS) is 17.0. The Morgan fingerprint density at radius 3 is 2.48 bits per heavy atom. The van der Waals surface area contributed by atoms with E-state index in [0.29, 0.717) is 50.7 Å². The van der Waals surface area contributed by atoms with Crippen molar-refractivity contribution < 1.29 is 12.9 Å². The van der Waals surface area contributed by atoms with E-state index in [1.165, 1.54) is 15.1 Å². The Kier molecular flexibility index (Phi) is 5.02. The second-order valence-corrected chi connectivity index (χ2v) is 7.86. The van der Waals surface area contributed by atoms with Gasteiger partial charge in [-0.2, -0.15) is 9.40 Å². The zero-order valence-electron chi connectivity index (χ0n) is 14.3. The lowest BCUT2D eigenvalue weighted by Crippen LogP contribution is -2.49. The second-order valence-electron chi connectivity index (χ2n) is 5.98. The predicted molar refractivity (Wildman–Crippen MR) is 89.7 cm³/mol. The molecule has 0 bridgehead atoms. The number of rotatable bonds is 5. The first-order chi connectivity index (χ1) is 11.9. The van der Waals surface area contributed by atoms with Crippen LogP contribution in [-0.2, 0) is 16.6 Å². The van der Waals surface area contributed by atoms with Crippen molar-refractivity contribution >= 4 is 10.0 Å². The van der Waals surface area contributed by atoms with Crippen molar-refractivity contribution in [2.75, 3.05) is 32.7 Å². The number of nitrogens with zero attached hydrogens (tertiary/aromatic N) is 5. The molecule has 0 unspecified atom stereocenters. The van der Waals surface area contributed by atoms with Gasteiger partial charge < -0.3 is 4.52 Å². The third-order valence-corrected chi connectivity index (χ3v) is 6.45. The van der Waals surface area contributed by atoms with Crippen LogP contribution >= 0.6 is 0 Å². The lowest BCUT2D eigenvalue weighted by Gasteiger charge is -2.33. The summed E-state index contributed by atoms with van der Waals surface area (Å²) in [5.41, 5.74) is 0.247. The average Bonchev–Trinajstić information content (AvgIpc) is 2.94. The molecule has 2 aromatic heterocycles. The van der Waals surface area contributed by atoms with Gasteiger partial charge in [-0.25, -0.2) is 13.1 Å². The van der Waals surface area contributed by atoms with Crippen LogP contribution in [0.25, 0.3) is 0 Å². The Labute approximate surface area is 145 Å². The molecule has 0 N–H and O–H groups in total. The molecule has 0 saturated carbocycles. The quantitative estimate of drug-likeness (QED) is 0.724. The maximum Gasteiger partial charge on any atom is 0.266 e. The van der Waals surface area contributed by atoms with E-state index in [-0.39, 0.29) is 10.5 Å². The third kappa shape index (κ3) is 3.65. The van der Waals surface area contributed by atoms with E-state index in [9.17, 15) is 13.2 Å². The van der Waals surface area contributed by atoms with Gasteiger partial charge in [0.25, 0.3) is 5.56 Å². The number of hydrogen-bond acceptors (Lipinski definition) is 7. The van der Waals surface area contributed by atoms with Gasteiger partial charge >= 0.3 is 0 Å². The van der Waals surface area contributed by atoms with Gasteiger partial charge in [0.2, 0.25) is 10.0 Å². The van der Waals surface area contributed by atoms with Crippen LogP contribution in [-0.4, -0.2) is 65.3 Å². The molecule has 0 atom stereocenters. The molecule has 3 rings (SSSR count). The van der Waals surface area contributed by atoms with Gasteiger partial charge in [-0.05, 0) is 19.9 Å². The van der Waals surface area contributed by atoms with E-state index in [1.54, 1.807) is 26.1 Å². The molecular weight excluding hydrogens is 346 g/mol. The van der Waals surface area contributed by atoms with Crippen molar-refractivity contribution in [2.45, 2.75) is 25.3 Å². The summed E-state index contributed by atoms with van der Waals surface area (Å²) in [5.74, 6) is 0.314. The first-order valence-corrected chi connectivity index (χ1v) is 9.51. The van der Waals surface area contributed by atoms with Crippen LogP contribution in [0, 0.1) is 13.8 Å². The van der Waals surface area contributed by atoms with E-state index in [1.807, 2.05) is 0 Å². The zero-order chi connectivity index (χ0) is 18.0. The molecule has 0 aliphatic carbocycles. The smallest absolute Gasteiger partial charge is 0.266 e. The highest BCUT2D eigenvalue weighted by Crippen LogP contribution is 2.24. The fourth-order valence-corrected chi connectivity index (χ4v) is 4.67. The Morgan fingerprint density at radius 2 is 1.88 bits per heavy atom. The second kappa shape index (κ2) is 7.06. The molecule has 1 saturated heterocycles. The van der Waals surface area contributed by atoms with E-state index in [4.69, 9.17) is 4.52 Å². The minimum Gasteiger partial charge on any atom is -0.360 e. The summed E-state index contributed by atoms with van der Waals surface area (Å²) in [6, 6.07) is 3.08. The van der Waals surface area contributed by atoms with Crippen molar-refractivity contribution in [1.29, 1.82) is 0 Å². The third-order valence-electron chi connectivity index (χ3n) is 4.31. The molecule has 1 aliphatic rings. The zero-order valence-corrected chi connectivity index (χ0v) is 15.1. The summed E-state index contributed by atoms with van der Waals surface area (Å²) in [5, 5.41) is 7.76. The highest BCUT2D eigenvalue weighted by atomic mass is 32.2. The van der Waals surface area contributed by atoms with E-state index >= 15 is 0 Å². The lowest BCUT2D eigenvalue weighted by atomic mass is 10.3. The Balaban J connectivity index is 1.60. The van der Waals surface area contributed by atoms with E-state index in [2.05, 4.69) is 15.2 Å². The van der Waals surface area contributed by atoms with Gasteiger partial charge in [-0.15, -0.1) is 0 Å². The summed E-state index contributed by atoms with van der Waals surface area (Å²) < 4.78 is 33.4. The molecule has 136 valence electrons. The molecule has 25 heavy (non-hydrogen) atoms. The standard InChI is InChI=1S/C15H21N5O4S/c1-12-15(13(2)24-17-12)25(22,23)19-9-6-18(7-10-19)8-11-20-14(21)4-3-5-16-20/h3-5H,6-11H2,1-2H3. The van der Waals surface area contributed by atoms with Crippen molar-refractivity contribution in [1.82, 2.24) is 24.1 Å². The van der Waals surface area contributed by atoms with Gasteiger partial charge in [0, 0.05) is 45.0 Å². The molecule has 0 spiro atoms. The maximum atomic E-state index is 12.8. The van der Waals surface area contributed by atoms with Crippen LogP contribution in [0.15, 0.2) is 32.5 Å². The van der Waals surface area contributed by atoms with E-state index < -0.39 is 10.0 Å². The largest absolute Gasteiger partial charge is 0.360 e. The Morgan fingerprint density at radius 1 is 1.16 bits per heavy atom. The van der Waals surface area contributed by atoms with Crippen LogP contribution < -0.4 is 5.56 Å². The SMILES string of the molecule is Cc1noc(C)c1S(=O)(=O)N1CCN(CCn2ncccc2=O)CC1. The number of piperazine rings is 1. The molecule has 10 heteroatoms. The summed E-state index contributed by atoms with van der Waals surface area (Å²) in [6.07, 6.45) is 1.58. The summed E-state index contributed by atoms with van der Waals surface area (Å²) >= 11 is 0. The van der Waals surface area contributed by atoms with Gasteiger partial charge in [0.1, 0.15) is 10.6 Å². The van der Waals surface area contributed by atoms with Crippen LogP contribution in [0.3, 0.4) is 0 Å². The van der Waals surface area contributed by atoms with Crippen LogP contribution in [0.4, 0.5) is 0 Å². The van der Waals surface area contributed by atoms with Gasteiger partial charge in [0.15, 0.2) is 5.76 Å². The summed E-state index contributed by atoms with van der Waals surface area (Å²) in [7, 11) is -3.59. The van der Waals surface area contributed by atoms with Crippen LogP contribution in [0.5, 0.6) is 0 Å². The summed E-state index contributed by atoms with van der Waals surface area (Å²) in [6.45, 7) is 6.35. The molecular formula is C15H21N5O4S. The number of hydrogen-bond donors (Lipinski definition) is 0. The molecule has 0 amide bonds. The van der Waals surface area contributed by atoms with Gasteiger partial charge in [-0.1, -0.05) is 5.16 Å². The molecule has 2 aromatic rings. The van der Waals surface area contributed by atoms with Crippen LogP contribution in [0.2, 0.25) is 0 Å². The highest BCUT2D eigenvalue weighted by molar-refractivity contribution is 7.89. The van der Waals surface area contributed by atoms with Crippen molar-refractivity contribution in [2.24, 2.45) is 0 Å². The minimum atomic E-state index is -3.59. The maximum absolute atomic E-state index is 12.8. The Bertz CT molecular complexity index is 877. The van der Waals surface area contributed by atoms with Crippen molar-refractivity contribution in [3.05, 3.63) is 40.1 Å². The number of aryl methyl sites for hydroxylation is 2. The van der Waals surface area contributed by atoms with Gasteiger partial charge in [-0.3, -0.25) is 9.69 Å².